The van der Waals surface area contributed by atoms with Gasteiger partial charge < -0.3 is 19.3 Å². The highest BCUT2D eigenvalue weighted by Crippen LogP contribution is 2.30. The Kier molecular flexibility index (Phi) is 5.26. The Morgan fingerprint density at radius 3 is 2.55 bits per heavy atom. The fourth-order valence-electron chi connectivity index (χ4n) is 2.71. The first-order valence-electron chi connectivity index (χ1n) is 7.14. The van der Waals surface area contributed by atoms with Gasteiger partial charge in [-0.2, -0.15) is 0 Å². The van der Waals surface area contributed by atoms with Crippen molar-refractivity contribution in [1.29, 1.82) is 0 Å². The lowest BCUT2D eigenvalue weighted by molar-refractivity contribution is -0.0744. The largest absolute Gasteiger partial charge is 0.493 e. The molecule has 20 heavy (non-hydrogen) atoms. The van der Waals surface area contributed by atoms with Crippen molar-refractivity contribution >= 4 is 0 Å². The van der Waals surface area contributed by atoms with Crippen LogP contribution in [0.25, 0.3) is 0 Å². The number of hydrogen-bond acceptors (Lipinski definition) is 4. The normalized spacial score (nSPS) is 24.2. The van der Waals surface area contributed by atoms with E-state index in [2.05, 4.69) is 6.07 Å². The second kappa shape index (κ2) is 6.95. The molecule has 0 bridgehead atoms. The molecule has 2 rings (SSSR count). The van der Waals surface area contributed by atoms with Crippen LogP contribution in [-0.2, 0) is 11.2 Å². The molecular formula is C16H24O4. The second-order valence-electron chi connectivity index (χ2n) is 5.45. The van der Waals surface area contributed by atoms with E-state index in [0.29, 0.717) is 12.5 Å². The molecule has 0 aliphatic carbocycles. The molecule has 1 fully saturated rings. The van der Waals surface area contributed by atoms with Gasteiger partial charge >= 0.3 is 0 Å². The number of methoxy groups -OCH3 is 2. The average Bonchev–Trinajstić information content (AvgIpc) is 2.47. The van der Waals surface area contributed by atoms with Crippen molar-refractivity contribution in [1.82, 2.24) is 0 Å². The van der Waals surface area contributed by atoms with Gasteiger partial charge in [-0.15, -0.1) is 0 Å². The molecule has 1 N–H and O–H groups in total. The average molecular weight is 280 g/mol. The number of hydrogen-bond donors (Lipinski definition) is 1. The maximum atomic E-state index is 9.52. The van der Waals surface area contributed by atoms with Crippen LogP contribution in [0.15, 0.2) is 18.2 Å². The number of aliphatic hydroxyl groups excluding tert-OH is 1. The van der Waals surface area contributed by atoms with Crippen LogP contribution < -0.4 is 9.47 Å². The van der Waals surface area contributed by atoms with E-state index in [9.17, 15) is 5.11 Å². The van der Waals surface area contributed by atoms with Crippen LogP contribution in [-0.4, -0.2) is 38.1 Å². The number of rotatable bonds is 5. The maximum Gasteiger partial charge on any atom is 0.160 e. The lowest BCUT2D eigenvalue weighted by atomic mass is 9.91. The summed E-state index contributed by atoms with van der Waals surface area (Å²) in [5, 5.41) is 9.52. The molecule has 1 aliphatic rings. The van der Waals surface area contributed by atoms with Crippen LogP contribution in [0.4, 0.5) is 0 Å². The van der Waals surface area contributed by atoms with Crippen LogP contribution >= 0.6 is 0 Å². The molecule has 0 spiro atoms. The highest BCUT2D eigenvalue weighted by molar-refractivity contribution is 5.43. The summed E-state index contributed by atoms with van der Waals surface area (Å²) in [5.74, 6) is 2.02. The molecule has 4 nitrogen and oxygen atoms in total. The van der Waals surface area contributed by atoms with Crippen LogP contribution in [0.1, 0.15) is 25.3 Å². The van der Waals surface area contributed by atoms with Crippen LogP contribution in [0.2, 0.25) is 0 Å². The van der Waals surface area contributed by atoms with Gasteiger partial charge in [0.15, 0.2) is 11.5 Å². The van der Waals surface area contributed by atoms with Crippen molar-refractivity contribution in [3.8, 4) is 11.5 Å². The monoisotopic (exact) mass is 280 g/mol. The number of ether oxygens (including phenoxy) is 3. The van der Waals surface area contributed by atoms with E-state index in [0.717, 1.165) is 30.8 Å². The third kappa shape index (κ3) is 3.64. The zero-order chi connectivity index (χ0) is 14.5. The first-order valence-corrected chi connectivity index (χ1v) is 7.14. The first kappa shape index (κ1) is 15.1. The first-order chi connectivity index (χ1) is 9.63. The van der Waals surface area contributed by atoms with E-state index in [1.807, 2.05) is 12.1 Å². The Balaban J connectivity index is 1.94. The molecule has 4 heteroatoms. The highest BCUT2D eigenvalue weighted by Gasteiger charge is 2.25. The van der Waals surface area contributed by atoms with E-state index in [4.69, 9.17) is 14.2 Å². The standard InChI is InChI=1S/C16H24O4/c1-11(17)14-6-5-13(10-20-14)8-12-4-7-15(18-2)16(9-12)19-3/h4,7,9,11,13-14,17H,5-6,8,10H2,1-3H3. The molecule has 0 saturated carbocycles. The molecule has 3 unspecified atom stereocenters. The van der Waals surface area contributed by atoms with Gasteiger partial charge in [-0.3, -0.25) is 0 Å². The molecule has 0 aromatic heterocycles. The topological polar surface area (TPSA) is 47.9 Å². The SMILES string of the molecule is COc1ccc(CC2CCC(C(C)O)OC2)cc1OC. The number of aliphatic hydroxyl groups is 1. The van der Waals surface area contributed by atoms with Crippen molar-refractivity contribution in [2.24, 2.45) is 5.92 Å². The van der Waals surface area contributed by atoms with Gasteiger partial charge in [-0.05, 0) is 49.8 Å². The summed E-state index contributed by atoms with van der Waals surface area (Å²) in [6.45, 7) is 2.50. The highest BCUT2D eigenvalue weighted by atomic mass is 16.5. The van der Waals surface area contributed by atoms with Crippen LogP contribution in [0, 0.1) is 5.92 Å². The van der Waals surface area contributed by atoms with Gasteiger partial charge in [0.1, 0.15) is 0 Å². The summed E-state index contributed by atoms with van der Waals surface area (Å²) in [6, 6.07) is 6.04. The van der Waals surface area contributed by atoms with Gasteiger partial charge in [0.2, 0.25) is 0 Å². The molecule has 1 saturated heterocycles. The third-order valence-corrected chi connectivity index (χ3v) is 3.92. The summed E-state index contributed by atoms with van der Waals surface area (Å²) in [5.41, 5.74) is 1.23. The lowest BCUT2D eigenvalue weighted by Gasteiger charge is -2.30. The summed E-state index contributed by atoms with van der Waals surface area (Å²) >= 11 is 0. The van der Waals surface area contributed by atoms with Crippen molar-refractivity contribution in [2.45, 2.75) is 38.4 Å². The fraction of sp³-hybridized carbons (Fsp3) is 0.625. The van der Waals surface area contributed by atoms with Gasteiger partial charge in [0.05, 0.1) is 33.0 Å². The summed E-state index contributed by atoms with van der Waals surface area (Å²) in [6.07, 6.45) is 2.60. The van der Waals surface area contributed by atoms with E-state index in [1.165, 1.54) is 5.56 Å². The zero-order valence-electron chi connectivity index (χ0n) is 12.5. The third-order valence-electron chi connectivity index (χ3n) is 3.92. The molecule has 112 valence electrons. The Morgan fingerprint density at radius 2 is 2.00 bits per heavy atom. The minimum Gasteiger partial charge on any atom is -0.493 e. The van der Waals surface area contributed by atoms with E-state index in [-0.39, 0.29) is 12.2 Å². The lowest BCUT2D eigenvalue weighted by Crippen LogP contribution is -2.34. The Bertz CT molecular complexity index is 422. The van der Waals surface area contributed by atoms with Crippen LogP contribution in [0.3, 0.4) is 0 Å². The summed E-state index contributed by atoms with van der Waals surface area (Å²) in [4.78, 5) is 0. The maximum absolute atomic E-state index is 9.52. The quantitative estimate of drug-likeness (QED) is 0.900. The molecule has 1 aliphatic heterocycles. The van der Waals surface area contributed by atoms with Crippen molar-refractivity contribution < 1.29 is 19.3 Å². The molecule has 0 amide bonds. The predicted molar refractivity (Wildman–Crippen MR) is 77.4 cm³/mol. The van der Waals surface area contributed by atoms with Gasteiger partial charge in [-0.25, -0.2) is 0 Å². The molecular weight excluding hydrogens is 256 g/mol. The van der Waals surface area contributed by atoms with Crippen LogP contribution in [0.5, 0.6) is 11.5 Å². The smallest absolute Gasteiger partial charge is 0.160 e. The minimum absolute atomic E-state index is 0.00310. The molecule has 0 radical (unpaired) electrons. The van der Waals surface area contributed by atoms with Gasteiger partial charge in [0.25, 0.3) is 0 Å². The Labute approximate surface area is 120 Å². The second-order valence-corrected chi connectivity index (χ2v) is 5.45. The van der Waals surface area contributed by atoms with Crippen molar-refractivity contribution in [3.05, 3.63) is 23.8 Å². The molecule has 1 aromatic rings. The van der Waals surface area contributed by atoms with E-state index in [1.54, 1.807) is 21.1 Å². The summed E-state index contributed by atoms with van der Waals surface area (Å²) < 4.78 is 16.3. The van der Waals surface area contributed by atoms with E-state index >= 15 is 0 Å². The zero-order valence-corrected chi connectivity index (χ0v) is 12.5. The molecule has 1 heterocycles. The van der Waals surface area contributed by atoms with Gasteiger partial charge in [0, 0.05) is 0 Å². The Hall–Kier alpha value is -1.26. The molecule has 1 aromatic carbocycles. The van der Waals surface area contributed by atoms with Crippen molar-refractivity contribution in [3.63, 3.8) is 0 Å². The number of benzene rings is 1. The fourth-order valence-corrected chi connectivity index (χ4v) is 2.71. The predicted octanol–water partition coefficient (Wildman–Crippen LogP) is 2.42. The van der Waals surface area contributed by atoms with Gasteiger partial charge in [-0.1, -0.05) is 6.07 Å². The van der Waals surface area contributed by atoms with E-state index < -0.39 is 0 Å². The Morgan fingerprint density at radius 1 is 1.25 bits per heavy atom. The van der Waals surface area contributed by atoms with Crippen molar-refractivity contribution in [2.75, 3.05) is 20.8 Å². The molecule has 3 atom stereocenters. The minimum atomic E-state index is -0.378. The summed E-state index contributed by atoms with van der Waals surface area (Å²) in [7, 11) is 3.29.